The quantitative estimate of drug-likeness (QED) is 0.730. The molecule has 2 nitrogen and oxygen atoms in total. The van der Waals surface area contributed by atoms with Gasteiger partial charge in [0.2, 0.25) is 0 Å². The summed E-state index contributed by atoms with van der Waals surface area (Å²) < 4.78 is 5.77. The molecule has 1 aliphatic carbocycles. The molecule has 0 aromatic carbocycles. The molecule has 0 saturated heterocycles. The fourth-order valence-electron chi connectivity index (χ4n) is 1.93. The van der Waals surface area contributed by atoms with Crippen molar-refractivity contribution < 1.29 is 4.74 Å². The minimum Gasteiger partial charge on any atom is -0.372 e. The summed E-state index contributed by atoms with van der Waals surface area (Å²) in [5.41, 5.74) is 1.10. The molecule has 0 spiro atoms. The van der Waals surface area contributed by atoms with Crippen molar-refractivity contribution >= 4 is 0 Å². The SMILES string of the molecule is CCOC(c1ccccn1)C1CCC1. The highest BCUT2D eigenvalue weighted by Crippen LogP contribution is 2.39. The molecule has 0 aliphatic heterocycles. The van der Waals surface area contributed by atoms with Crippen molar-refractivity contribution in [3.8, 4) is 0 Å². The van der Waals surface area contributed by atoms with Crippen LogP contribution in [-0.4, -0.2) is 11.6 Å². The van der Waals surface area contributed by atoms with Gasteiger partial charge in [-0.05, 0) is 37.8 Å². The van der Waals surface area contributed by atoms with Crippen LogP contribution in [0.25, 0.3) is 0 Å². The maximum atomic E-state index is 5.77. The van der Waals surface area contributed by atoms with E-state index in [9.17, 15) is 0 Å². The Kier molecular flexibility index (Phi) is 3.14. The second-order valence-corrected chi connectivity index (χ2v) is 3.82. The number of aromatic nitrogens is 1. The number of ether oxygens (including phenoxy) is 1. The monoisotopic (exact) mass is 191 g/mol. The summed E-state index contributed by atoms with van der Waals surface area (Å²) in [6.07, 6.45) is 6.01. The molecule has 0 bridgehead atoms. The van der Waals surface area contributed by atoms with E-state index < -0.39 is 0 Å². The van der Waals surface area contributed by atoms with Gasteiger partial charge in [0.15, 0.2) is 0 Å². The number of nitrogens with zero attached hydrogens (tertiary/aromatic N) is 1. The summed E-state index contributed by atoms with van der Waals surface area (Å²) in [5.74, 6) is 0.699. The second kappa shape index (κ2) is 4.56. The van der Waals surface area contributed by atoms with Crippen LogP contribution < -0.4 is 0 Å². The lowest BCUT2D eigenvalue weighted by Gasteiger charge is -2.33. The molecule has 0 N–H and O–H groups in total. The summed E-state index contributed by atoms with van der Waals surface area (Å²) in [6, 6.07) is 6.05. The van der Waals surface area contributed by atoms with Crippen LogP contribution in [0.15, 0.2) is 24.4 Å². The van der Waals surface area contributed by atoms with Gasteiger partial charge in [-0.3, -0.25) is 4.98 Å². The Labute approximate surface area is 85.3 Å². The first-order valence-corrected chi connectivity index (χ1v) is 5.44. The van der Waals surface area contributed by atoms with E-state index in [1.165, 1.54) is 19.3 Å². The lowest BCUT2D eigenvalue weighted by molar-refractivity contribution is -0.0120. The number of hydrogen-bond acceptors (Lipinski definition) is 2. The summed E-state index contributed by atoms with van der Waals surface area (Å²) in [5, 5.41) is 0. The van der Waals surface area contributed by atoms with Crippen molar-refractivity contribution in [1.29, 1.82) is 0 Å². The highest BCUT2D eigenvalue weighted by molar-refractivity contribution is 5.09. The van der Waals surface area contributed by atoms with Crippen molar-refractivity contribution in [2.75, 3.05) is 6.61 Å². The first-order chi connectivity index (χ1) is 6.92. The van der Waals surface area contributed by atoms with Crippen molar-refractivity contribution in [3.05, 3.63) is 30.1 Å². The van der Waals surface area contributed by atoms with Crippen LogP contribution in [0.2, 0.25) is 0 Å². The van der Waals surface area contributed by atoms with E-state index in [2.05, 4.69) is 18.0 Å². The van der Waals surface area contributed by atoms with Crippen molar-refractivity contribution in [1.82, 2.24) is 4.98 Å². The van der Waals surface area contributed by atoms with E-state index in [1.807, 2.05) is 18.3 Å². The molecule has 1 saturated carbocycles. The fourth-order valence-corrected chi connectivity index (χ4v) is 1.93. The van der Waals surface area contributed by atoms with Crippen LogP contribution in [0, 0.1) is 5.92 Å². The van der Waals surface area contributed by atoms with Crippen molar-refractivity contribution in [3.63, 3.8) is 0 Å². The van der Waals surface area contributed by atoms with Gasteiger partial charge < -0.3 is 4.74 Å². The molecule has 0 radical (unpaired) electrons. The summed E-state index contributed by atoms with van der Waals surface area (Å²) >= 11 is 0. The minimum atomic E-state index is 0.231. The maximum Gasteiger partial charge on any atom is 0.102 e. The zero-order valence-corrected chi connectivity index (χ0v) is 8.65. The normalized spacial score (nSPS) is 18.9. The number of hydrogen-bond donors (Lipinski definition) is 0. The average Bonchev–Trinajstić information content (AvgIpc) is 2.16. The van der Waals surface area contributed by atoms with Crippen LogP contribution in [0.5, 0.6) is 0 Å². The molecule has 2 heteroatoms. The molecule has 14 heavy (non-hydrogen) atoms. The highest BCUT2D eigenvalue weighted by atomic mass is 16.5. The summed E-state index contributed by atoms with van der Waals surface area (Å²) in [6.45, 7) is 2.83. The molecular weight excluding hydrogens is 174 g/mol. The predicted octanol–water partition coefficient (Wildman–Crippen LogP) is 2.96. The molecular formula is C12H17NO. The predicted molar refractivity (Wildman–Crippen MR) is 55.9 cm³/mol. The average molecular weight is 191 g/mol. The Morgan fingerprint density at radius 1 is 1.50 bits per heavy atom. The van der Waals surface area contributed by atoms with Crippen molar-refractivity contribution in [2.24, 2.45) is 5.92 Å². The van der Waals surface area contributed by atoms with Crippen molar-refractivity contribution in [2.45, 2.75) is 32.3 Å². The van der Waals surface area contributed by atoms with Crippen LogP contribution >= 0.6 is 0 Å². The fraction of sp³-hybridized carbons (Fsp3) is 0.583. The topological polar surface area (TPSA) is 22.1 Å². The Balaban J connectivity index is 2.09. The van der Waals surface area contributed by atoms with Gasteiger partial charge in [-0.1, -0.05) is 12.5 Å². The Bertz CT molecular complexity index is 269. The molecule has 1 unspecified atom stereocenters. The van der Waals surface area contributed by atoms with Crippen LogP contribution in [-0.2, 0) is 4.74 Å². The lowest BCUT2D eigenvalue weighted by Crippen LogP contribution is -2.23. The Hall–Kier alpha value is -0.890. The van der Waals surface area contributed by atoms with E-state index in [0.717, 1.165) is 12.3 Å². The standard InChI is InChI=1S/C12H17NO/c1-2-14-12(10-6-5-7-10)11-8-3-4-9-13-11/h3-4,8-10,12H,2,5-7H2,1H3. The minimum absolute atomic E-state index is 0.231. The van der Waals surface area contributed by atoms with Crippen LogP contribution in [0.1, 0.15) is 38.0 Å². The molecule has 76 valence electrons. The third kappa shape index (κ3) is 1.95. The molecule has 1 aliphatic rings. The van der Waals surface area contributed by atoms with Gasteiger partial charge in [-0.25, -0.2) is 0 Å². The number of pyridine rings is 1. The molecule has 1 aromatic rings. The largest absolute Gasteiger partial charge is 0.372 e. The van der Waals surface area contributed by atoms with E-state index in [1.54, 1.807) is 0 Å². The third-order valence-electron chi connectivity index (χ3n) is 2.90. The van der Waals surface area contributed by atoms with Gasteiger partial charge in [0.25, 0.3) is 0 Å². The summed E-state index contributed by atoms with van der Waals surface area (Å²) in [7, 11) is 0. The zero-order chi connectivity index (χ0) is 9.80. The van der Waals surface area contributed by atoms with E-state index in [4.69, 9.17) is 4.74 Å². The van der Waals surface area contributed by atoms with Gasteiger partial charge >= 0.3 is 0 Å². The Morgan fingerprint density at radius 3 is 2.86 bits per heavy atom. The van der Waals surface area contributed by atoms with Crippen LogP contribution in [0.3, 0.4) is 0 Å². The maximum absolute atomic E-state index is 5.77. The smallest absolute Gasteiger partial charge is 0.102 e. The molecule has 1 aromatic heterocycles. The molecule has 2 rings (SSSR count). The van der Waals surface area contributed by atoms with Crippen LogP contribution in [0.4, 0.5) is 0 Å². The highest BCUT2D eigenvalue weighted by Gasteiger charge is 2.29. The number of rotatable bonds is 4. The van der Waals surface area contributed by atoms with Gasteiger partial charge in [-0.2, -0.15) is 0 Å². The molecule has 1 atom stereocenters. The van der Waals surface area contributed by atoms with E-state index >= 15 is 0 Å². The van der Waals surface area contributed by atoms with Gasteiger partial charge in [0, 0.05) is 12.8 Å². The zero-order valence-electron chi connectivity index (χ0n) is 8.65. The lowest BCUT2D eigenvalue weighted by atomic mass is 9.80. The van der Waals surface area contributed by atoms with E-state index in [0.29, 0.717) is 5.92 Å². The van der Waals surface area contributed by atoms with Gasteiger partial charge in [-0.15, -0.1) is 0 Å². The molecule has 1 heterocycles. The Morgan fingerprint density at radius 2 is 2.36 bits per heavy atom. The molecule has 0 amide bonds. The molecule has 1 fully saturated rings. The first-order valence-electron chi connectivity index (χ1n) is 5.44. The third-order valence-corrected chi connectivity index (χ3v) is 2.90. The summed E-state index contributed by atoms with van der Waals surface area (Å²) in [4.78, 5) is 4.38. The van der Waals surface area contributed by atoms with Gasteiger partial charge in [0.1, 0.15) is 6.10 Å². The van der Waals surface area contributed by atoms with E-state index in [-0.39, 0.29) is 6.10 Å². The van der Waals surface area contributed by atoms with Gasteiger partial charge in [0.05, 0.1) is 5.69 Å². The second-order valence-electron chi connectivity index (χ2n) is 3.82. The first kappa shape index (κ1) is 9.66.